The third-order valence-corrected chi connectivity index (χ3v) is 5.25. The summed E-state index contributed by atoms with van der Waals surface area (Å²) in [6, 6.07) is -4.38. The summed E-state index contributed by atoms with van der Waals surface area (Å²) in [6.07, 6.45) is -37.5. The molecule has 0 bridgehead atoms. The SMILES string of the molecule is O=CO[BH-](c1c(C(F)(F)F)cc(C(F)(F)F)cc1C(F)(F)F)c1c(C(F)(F)F)cc(C(F)(F)F)cc1C(F)(F)F. The van der Waals surface area contributed by atoms with Crippen LogP contribution in [0, 0.1) is 0 Å². The summed E-state index contributed by atoms with van der Waals surface area (Å²) in [4.78, 5) is 11.0. The van der Waals surface area contributed by atoms with Crippen LogP contribution in [0.2, 0.25) is 0 Å². The highest BCUT2D eigenvalue weighted by atomic mass is 19.4. The van der Waals surface area contributed by atoms with Crippen molar-refractivity contribution in [2.75, 3.05) is 0 Å². The third-order valence-electron chi connectivity index (χ3n) is 5.25. The van der Waals surface area contributed by atoms with Crippen molar-refractivity contribution in [3.8, 4) is 0 Å². The fraction of sp³-hybridized carbons (Fsp3) is 0.316. The van der Waals surface area contributed by atoms with E-state index in [0.29, 0.717) is 0 Å². The van der Waals surface area contributed by atoms with E-state index < -0.39 is 119 Å². The van der Waals surface area contributed by atoms with Crippen LogP contribution in [0.4, 0.5) is 79.0 Å². The van der Waals surface area contributed by atoms with Crippen LogP contribution < -0.4 is 10.9 Å². The lowest BCUT2D eigenvalue weighted by atomic mass is 9.50. The van der Waals surface area contributed by atoms with Gasteiger partial charge in [-0.3, -0.25) is 4.79 Å². The molecule has 0 spiro atoms. The molecular formula is C19H6BF18O2-. The molecule has 0 radical (unpaired) electrons. The zero-order chi connectivity index (χ0) is 31.4. The Hall–Kier alpha value is -3.29. The van der Waals surface area contributed by atoms with E-state index in [-0.39, 0.29) is 0 Å². The first kappa shape index (κ1) is 32.9. The Morgan fingerprint density at radius 2 is 0.675 bits per heavy atom. The summed E-state index contributed by atoms with van der Waals surface area (Å²) in [6.45, 7) is -6.55. The second-order valence-electron chi connectivity index (χ2n) is 7.81. The van der Waals surface area contributed by atoms with Crippen molar-refractivity contribution in [2.45, 2.75) is 37.1 Å². The van der Waals surface area contributed by atoms with Gasteiger partial charge in [0.2, 0.25) is 13.4 Å². The fourth-order valence-corrected chi connectivity index (χ4v) is 3.79. The van der Waals surface area contributed by atoms with Crippen LogP contribution in [-0.2, 0) is 46.5 Å². The zero-order valence-electron chi connectivity index (χ0n) is 18.2. The summed E-state index contributed by atoms with van der Waals surface area (Å²) in [5, 5.41) is 0. The van der Waals surface area contributed by atoms with Crippen molar-refractivity contribution >= 4 is 24.3 Å². The normalized spacial score (nSPS) is 14.1. The Balaban J connectivity index is 3.35. The second-order valence-corrected chi connectivity index (χ2v) is 7.81. The number of carbonyl (C=O) groups excluding carboxylic acids is 1. The van der Waals surface area contributed by atoms with Crippen LogP contribution in [0.3, 0.4) is 0 Å². The van der Waals surface area contributed by atoms with Crippen molar-refractivity contribution in [3.05, 3.63) is 57.6 Å². The Bertz CT molecular complexity index is 1100. The molecule has 40 heavy (non-hydrogen) atoms. The topological polar surface area (TPSA) is 26.3 Å². The van der Waals surface area contributed by atoms with Crippen LogP contribution in [0.25, 0.3) is 0 Å². The monoisotopic (exact) mass is 619 g/mol. The van der Waals surface area contributed by atoms with E-state index in [0.717, 1.165) is 0 Å². The predicted octanol–water partition coefficient (Wildman–Crippen LogP) is 6.81. The standard InChI is InChI=1S/C19H6BF18O2/c21-14(22,23)6-1-8(16(27,28)29)12(9(2-6)17(30,31)32)20(40-5-39)13-10(18(33,34)35)3-7(15(24,25)26)4-11(13)19(36,37)38/h1-5,20H/q-1. The average Bonchev–Trinajstić information content (AvgIpc) is 2.72. The van der Waals surface area contributed by atoms with E-state index in [1.165, 1.54) is 0 Å². The van der Waals surface area contributed by atoms with Crippen LogP contribution in [-0.4, -0.2) is 13.4 Å². The maximum Gasteiger partial charge on any atom is 0.416 e. The average molecular weight is 619 g/mol. The van der Waals surface area contributed by atoms with Crippen molar-refractivity contribution in [1.82, 2.24) is 0 Å². The van der Waals surface area contributed by atoms with Gasteiger partial charge in [-0.2, -0.15) is 79.0 Å². The number of hydrogen-bond donors (Lipinski definition) is 0. The highest BCUT2D eigenvalue weighted by molar-refractivity contribution is 6.82. The minimum absolute atomic E-state index is 1.09. The van der Waals surface area contributed by atoms with E-state index in [4.69, 9.17) is 0 Å². The molecule has 0 saturated heterocycles. The van der Waals surface area contributed by atoms with Crippen LogP contribution in [0.5, 0.6) is 0 Å². The number of hydrogen-bond acceptors (Lipinski definition) is 2. The highest BCUT2D eigenvalue weighted by Gasteiger charge is 2.49. The van der Waals surface area contributed by atoms with Crippen LogP contribution in [0.1, 0.15) is 33.4 Å². The molecule has 224 valence electrons. The van der Waals surface area contributed by atoms with Gasteiger partial charge in [-0.25, -0.2) is 0 Å². The van der Waals surface area contributed by atoms with Crippen molar-refractivity contribution in [1.29, 1.82) is 0 Å². The lowest BCUT2D eigenvalue weighted by molar-refractivity contribution is -0.149. The van der Waals surface area contributed by atoms with Gasteiger partial charge in [0.1, 0.15) is 0 Å². The fourth-order valence-electron chi connectivity index (χ4n) is 3.79. The third kappa shape index (κ3) is 6.88. The van der Waals surface area contributed by atoms with Gasteiger partial charge >= 0.3 is 37.1 Å². The molecule has 2 aromatic carbocycles. The van der Waals surface area contributed by atoms with Gasteiger partial charge in [0.15, 0.2) is 0 Å². The molecule has 0 atom stereocenters. The number of alkyl halides is 18. The summed E-state index contributed by atoms with van der Waals surface area (Å²) in [5.41, 5.74) is -23.5. The molecule has 0 aliphatic heterocycles. The van der Waals surface area contributed by atoms with Gasteiger partial charge in [-0.1, -0.05) is 0 Å². The molecule has 0 unspecified atom stereocenters. The van der Waals surface area contributed by atoms with Crippen molar-refractivity contribution in [3.63, 3.8) is 0 Å². The molecule has 0 N–H and O–H groups in total. The summed E-state index contributed by atoms with van der Waals surface area (Å²) < 4.78 is 247. The van der Waals surface area contributed by atoms with E-state index in [1.54, 1.807) is 0 Å². The van der Waals surface area contributed by atoms with Gasteiger partial charge in [0.05, 0.1) is 11.1 Å². The van der Waals surface area contributed by atoms with Gasteiger partial charge < -0.3 is 4.65 Å². The quantitative estimate of drug-likeness (QED) is 0.214. The summed E-state index contributed by atoms with van der Waals surface area (Å²) in [7, 11) is 0. The van der Waals surface area contributed by atoms with Gasteiger partial charge in [0.25, 0.3) is 0 Å². The first-order chi connectivity index (χ1) is 17.6. The maximum atomic E-state index is 13.7. The molecule has 0 aromatic heterocycles. The van der Waals surface area contributed by atoms with Crippen LogP contribution >= 0.6 is 0 Å². The Kier molecular flexibility index (Phi) is 8.20. The van der Waals surface area contributed by atoms with E-state index in [2.05, 4.69) is 4.65 Å². The minimum Gasteiger partial charge on any atom is -0.685 e. The first-order valence-electron chi connectivity index (χ1n) is 9.68. The first-order valence-corrected chi connectivity index (χ1v) is 9.68. The number of halogens is 18. The Morgan fingerprint density at radius 3 is 0.825 bits per heavy atom. The molecule has 2 rings (SSSR count). The Morgan fingerprint density at radius 1 is 0.450 bits per heavy atom. The largest absolute Gasteiger partial charge is 0.685 e. The molecule has 0 aliphatic rings. The predicted molar refractivity (Wildman–Crippen MR) is 96.5 cm³/mol. The van der Waals surface area contributed by atoms with Crippen molar-refractivity contribution in [2.24, 2.45) is 0 Å². The molecule has 2 aromatic rings. The Labute approximate surface area is 208 Å². The molecule has 0 heterocycles. The van der Waals surface area contributed by atoms with E-state index in [1.807, 2.05) is 0 Å². The second kappa shape index (κ2) is 9.97. The molecule has 0 amide bonds. The molecule has 0 aliphatic carbocycles. The lowest BCUT2D eigenvalue weighted by Crippen LogP contribution is -2.55. The minimum atomic E-state index is -6.38. The summed E-state index contributed by atoms with van der Waals surface area (Å²) >= 11 is 0. The van der Waals surface area contributed by atoms with E-state index in [9.17, 15) is 83.8 Å². The van der Waals surface area contributed by atoms with Crippen molar-refractivity contribution < 1.29 is 88.5 Å². The van der Waals surface area contributed by atoms with Gasteiger partial charge in [0, 0.05) is 22.3 Å². The maximum absolute atomic E-state index is 13.7. The zero-order valence-corrected chi connectivity index (χ0v) is 18.2. The number of carbonyl (C=O) groups is 1. The van der Waals surface area contributed by atoms with Gasteiger partial charge in [-0.05, 0) is 24.3 Å². The molecule has 0 fully saturated rings. The lowest BCUT2D eigenvalue weighted by Gasteiger charge is -2.36. The number of benzene rings is 2. The highest BCUT2D eigenvalue weighted by Crippen LogP contribution is 2.43. The molecule has 21 heteroatoms. The molecular weight excluding hydrogens is 613 g/mol. The molecule has 2 nitrogen and oxygen atoms in total. The smallest absolute Gasteiger partial charge is 0.416 e. The number of rotatable bonds is 4. The van der Waals surface area contributed by atoms with Gasteiger partial charge in [-0.15, -0.1) is 10.9 Å². The van der Waals surface area contributed by atoms with E-state index >= 15 is 0 Å². The van der Waals surface area contributed by atoms with Crippen LogP contribution in [0.15, 0.2) is 24.3 Å². The summed E-state index contributed by atoms with van der Waals surface area (Å²) in [5.74, 6) is 0. The molecule has 0 saturated carbocycles.